The van der Waals surface area contributed by atoms with Crippen LogP contribution in [0.3, 0.4) is 0 Å². The van der Waals surface area contributed by atoms with Crippen molar-refractivity contribution in [2.24, 2.45) is 0 Å². The molecule has 2 aromatic rings. The SMILES string of the molecule is O=S(O)(=S)CC[C@H](OS(=O)(=S)CCC(O)c1ccccc1)c1ccccc1. The molecule has 0 spiro atoms. The molecule has 0 saturated heterocycles. The molecule has 5 nitrogen and oxygen atoms in total. The normalized spacial score (nSPS) is 18.1. The largest absolute Gasteiger partial charge is 0.388 e. The molecule has 0 heterocycles. The van der Waals surface area contributed by atoms with Crippen molar-refractivity contribution in [3.8, 4) is 0 Å². The van der Waals surface area contributed by atoms with Gasteiger partial charge in [0, 0.05) is 22.4 Å². The number of aliphatic hydroxyl groups is 1. The van der Waals surface area contributed by atoms with Gasteiger partial charge in [0.05, 0.1) is 17.6 Å². The summed E-state index contributed by atoms with van der Waals surface area (Å²) >= 11 is 9.66. The molecule has 2 rings (SSSR count). The van der Waals surface area contributed by atoms with Crippen molar-refractivity contribution >= 4 is 39.9 Å². The summed E-state index contributed by atoms with van der Waals surface area (Å²) in [5, 5.41) is 10.2. The van der Waals surface area contributed by atoms with Gasteiger partial charge in [-0.05, 0) is 24.0 Å². The van der Waals surface area contributed by atoms with Crippen molar-refractivity contribution in [3.63, 3.8) is 0 Å². The third-order valence-electron chi connectivity index (χ3n) is 3.90. The van der Waals surface area contributed by atoms with Crippen LogP contribution in [0.5, 0.6) is 0 Å². The van der Waals surface area contributed by atoms with Gasteiger partial charge in [-0.15, -0.1) is 0 Å². The first-order chi connectivity index (χ1) is 12.7. The average molecular weight is 447 g/mol. The molecule has 27 heavy (non-hydrogen) atoms. The Hall–Kier alpha value is -0.940. The van der Waals surface area contributed by atoms with Crippen LogP contribution in [-0.2, 0) is 44.1 Å². The van der Waals surface area contributed by atoms with Crippen molar-refractivity contribution < 1.29 is 22.3 Å². The van der Waals surface area contributed by atoms with E-state index in [2.05, 4.69) is 11.2 Å². The molecule has 4 atom stereocenters. The van der Waals surface area contributed by atoms with E-state index in [1.807, 2.05) is 24.3 Å². The Labute approximate surface area is 170 Å². The van der Waals surface area contributed by atoms with Gasteiger partial charge in [-0.1, -0.05) is 60.7 Å². The number of aliphatic hydroxyl groups excluding tert-OH is 1. The van der Waals surface area contributed by atoms with Gasteiger partial charge in [0.25, 0.3) is 0 Å². The number of rotatable bonds is 10. The molecule has 0 fully saturated rings. The van der Waals surface area contributed by atoms with Gasteiger partial charge in [0.2, 0.25) is 0 Å². The zero-order valence-electron chi connectivity index (χ0n) is 14.5. The molecule has 0 aliphatic heterocycles. The van der Waals surface area contributed by atoms with E-state index >= 15 is 0 Å². The van der Waals surface area contributed by atoms with Crippen LogP contribution in [0.1, 0.15) is 36.2 Å². The molecule has 0 aliphatic carbocycles. The second kappa shape index (κ2) is 10.0. The van der Waals surface area contributed by atoms with Crippen LogP contribution in [0.25, 0.3) is 0 Å². The summed E-state index contributed by atoms with van der Waals surface area (Å²) in [6, 6.07) is 18.0. The quantitative estimate of drug-likeness (QED) is 0.580. The number of benzene rings is 2. The molecule has 0 aromatic heterocycles. The molecule has 9 heteroatoms. The zero-order chi connectivity index (χ0) is 19.9. The van der Waals surface area contributed by atoms with E-state index in [9.17, 15) is 18.1 Å². The Kier molecular flexibility index (Phi) is 8.29. The lowest BCUT2D eigenvalue weighted by Gasteiger charge is -2.20. The minimum Gasteiger partial charge on any atom is -0.388 e. The third-order valence-corrected chi connectivity index (χ3v) is 7.15. The lowest BCUT2D eigenvalue weighted by Crippen LogP contribution is -2.18. The zero-order valence-corrected chi connectivity index (χ0v) is 17.8. The summed E-state index contributed by atoms with van der Waals surface area (Å²) in [6.45, 7) is 0. The van der Waals surface area contributed by atoms with Gasteiger partial charge >= 0.3 is 0 Å². The predicted octanol–water partition coefficient (Wildman–Crippen LogP) is 3.14. The molecule has 0 amide bonds. The summed E-state index contributed by atoms with van der Waals surface area (Å²) in [5.41, 5.74) is 1.42. The van der Waals surface area contributed by atoms with Crippen LogP contribution in [-0.4, -0.2) is 29.6 Å². The molecule has 0 aliphatic rings. The van der Waals surface area contributed by atoms with E-state index in [1.54, 1.807) is 36.4 Å². The Morgan fingerprint density at radius 2 is 1.37 bits per heavy atom. The highest BCUT2D eigenvalue weighted by Crippen LogP contribution is 2.26. The van der Waals surface area contributed by atoms with Gasteiger partial charge in [-0.25, -0.2) is 8.42 Å². The van der Waals surface area contributed by atoms with Crippen molar-refractivity contribution in [2.75, 3.05) is 11.5 Å². The maximum atomic E-state index is 12.8. The van der Waals surface area contributed by atoms with Gasteiger partial charge in [0.15, 0.2) is 0 Å². The number of hydrogen-bond acceptors (Lipinski definition) is 6. The van der Waals surface area contributed by atoms with Crippen molar-refractivity contribution in [3.05, 3.63) is 71.8 Å². The van der Waals surface area contributed by atoms with Crippen LogP contribution in [0.2, 0.25) is 0 Å². The van der Waals surface area contributed by atoms with E-state index < -0.39 is 29.8 Å². The monoisotopic (exact) mass is 446 g/mol. The van der Waals surface area contributed by atoms with Crippen molar-refractivity contribution in [2.45, 2.75) is 25.0 Å². The highest BCUT2D eigenvalue weighted by molar-refractivity contribution is 8.30. The minimum absolute atomic E-state index is 0.00982. The highest BCUT2D eigenvalue weighted by Gasteiger charge is 2.21. The van der Waals surface area contributed by atoms with E-state index in [1.165, 1.54) is 0 Å². The Morgan fingerprint density at radius 1 is 0.852 bits per heavy atom. The second-order valence-electron chi connectivity index (χ2n) is 6.05. The fourth-order valence-electron chi connectivity index (χ4n) is 2.52. The summed E-state index contributed by atoms with van der Waals surface area (Å²) in [7, 11) is -6.49. The van der Waals surface area contributed by atoms with E-state index in [-0.39, 0.29) is 24.3 Å². The standard InChI is InChI=1S/C18H22O5S4/c19-17(15-7-3-1-4-8-15)11-14-27(22,25)23-18(12-13-26(20,21)24)16-9-5-2-6-10-16/h1-10,17-19H,11-14H2,(H,20,21,24)/t17?,18-,27?/m0/s1. The molecular formula is C18H22O5S4. The van der Waals surface area contributed by atoms with Crippen LogP contribution in [0, 0.1) is 0 Å². The van der Waals surface area contributed by atoms with E-state index in [4.69, 9.17) is 15.4 Å². The van der Waals surface area contributed by atoms with Crippen LogP contribution in [0.4, 0.5) is 0 Å². The molecular weight excluding hydrogens is 424 g/mol. The molecule has 2 aromatic carbocycles. The topological polar surface area (TPSA) is 83.8 Å². The fourth-order valence-corrected chi connectivity index (χ4v) is 5.06. The maximum Gasteiger partial charge on any atom is 0.144 e. The van der Waals surface area contributed by atoms with Crippen molar-refractivity contribution in [1.82, 2.24) is 0 Å². The molecule has 0 bridgehead atoms. The van der Waals surface area contributed by atoms with E-state index in [0.717, 1.165) is 0 Å². The minimum atomic E-state index is -3.36. The lowest BCUT2D eigenvalue weighted by atomic mass is 10.1. The maximum absolute atomic E-state index is 12.8. The second-order valence-corrected chi connectivity index (χ2v) is 12.4. The summed E-state index contributed by atoms with van der Waals surface area (Å²) < 4.78 is 39.2. The first-order valence-electron chi connectivity index (χ1n) is 8.30. The van der Waals surface area contributed by atoms with E-state index in [0.29, 0.717) is 11.1 Å². The molecule has 148 valence electrons. The van der Waals surface area contributed by atoms with Gasteiger partial charge in [-0.2, -0.15) is 0 Å². The Balaban J connectivity index is 2.05. The smallest absolute Gasteiger partial charge is 0.144 e. The fraction of sp³-hybridized carbons (Fsp3) is 0.333. The Morgan fingerprint density at radius 3 is 1.89 bits per heavy atom. The first-order valence-corrected chi connectivity index (χ1v) is 13.5. The predicted molar refractivity (Wildman–Crippen MR) is 114 cm³/mol. The van der Waals surface area contributed by atoms with Gasteiger partial charge in [0.1, 0.15) is 23.6 Å². The number of hydrogen-bond donors (Lipinski definition) is 2. The lowest BCUT2D eigenvalue weighted by molar-refractivity contribution is 0.171. The first kappa shape index (κ1) is 22.4. The van der Waals surface area contributed by atoms with Crippen LogP contribution < -0.4 is 0 Å². The molecule has 0 saturated carbocycles. The Bertz CT molecular complexity index is 913. The van der Waals surface area contributed by atoms with Crippen LogP contribution >= 0.6 is 0 Å². The summed E-state index contributed by atoms with van der Waals surface area (Å²) in [5.74, 6) is -0.177. The van der Waals surface area contributed by atoms with Gasteiger partial charge in [-0.3, -0.25) is 4.18 Å². The van der Waals surface area contributed by atoms with Gasteiger partial charge < -0.3 is 9.66 Å². The molecule has 2 N–H and O–H groups in total. The third kappa shape index (κ3) is 8.30. The molecule has 0 radical (unpaired) electrons. The highest BCUT2D eigenvalue weighted by atomic mass is 32.8. The summed E-state index contributed by atoms with van der Waals surface area (Å²) in [6.07, 6.45) is -1.19. The average Bonchev–Trinajstić information content (AvgIpc) is 2.64. The van der Waals surface area contributed by atoms with Crippen molar-refractivity contribution in [1.29, 1.82) is 0 Å². The molecule has 3 unspecified atom stereocenters. The summed E-state index contributed by atoms with van der Waals surface area (Å²) in [4.78, 5) is 0. The van der Waals surface area contributed by atoms with Crippen LogP contribution in [0.15, 0.2) is 60.7 Å².